The van der Waals surface area contributed by atoms with Crippen molar-refractivity contribution in [3.8, 4) is 0 Å². The second kappa shape index (κ2) is 6.05. The number of hydrogen-bond donors (Lipinski definition) is 1. The van der Waals surface area contributed by atoms with Crippen molar-refractivity contribution in [2.45, 2.75) is 33.1 Å². The first kappa shape index (κ1) is 13.2. The fraction of sp³-hybridized carbons (Fsp3) is 0.500. The fourth-order valence-corrected chi connectivity index (χ4v) is 2.70. The van der Waals surface area contributed by atoms with Gasteiger partial charge in [0.1, 0.15) is 0 Å². The number of hydrogen-bond acceptors (Lipinski definition) is 1. The van der Waals surface area contributed by atoms with Crippen molar-refractivity contribution in [3.05, 3.63) is 35.5 Å². The molecule has 1 aromatic carbocycles. The Morgan fingerprint density at radius 1 is 1.17 bits per heavy atom. The molecule has 0 atom stereocenters. The van der Waals surface area contributed by atoms with E-state index in [2.05, 4.69) is 55.2 Å². The predicted octanol–water partition coefficient (Wildman–Crippen LogP) is 3.28. The van der Waals surface area contributed by atoms with Gasteiger partial charge in [0.25, 0.3) is 0 Å². The van der Waals surface area contributed by atoms with E-state index in [1.165, 1.54) is 28.5 Å². The van der Waals surface area contributed by atoms with Crippen LogP contribution in [-0.2, 0) is 19.9 Å². The van der Waals surface area contributed by atoms with Crippen LogP contribution in [0.5, 0.6) is 0 Å². The van der Waals surface area contributed by atoms with E-state index in [1.807, 2.05) is 0 Å². The summed E-state index contributed by atoms with van der Waals surface area (Å²) in [6, 6.07) is 6.69. The number of benzene rings is 1. The van der Waals surface area contributed by atoms with E-state index in [0.717, 1.165) is 25.9 Å². The summed E-state index contributed by atoms with van der Waals surface area (Å²) in [5.74, 6) is 0. The lowest BCUT2D eigenvalue weighted by atomic mass is 10.0. The van der Waals surface area contributed by atoms with E-state index in [9.17, 15) is 0 Å². The number of para-hydroxylation sites is 1. The van der Waals surface area contributed by atoms with Crippen molar-refractivity contribution >= 4 is 10.9 Å². The zero-order valence-electron chi connectivity index (χ0n) is 11.8. The Labute approximate surface area is 110 Å². The van der Waals surface area contributed by atoms with Gasteiger partial charge in [0, 0.05) is 18.6 Å². The molecule has 0 amide bonds. The minimum absolute atomic E-state index is 1.07. The zero-order chi connectivity index (χ0) is 13.0. The molecule has 0 fully saturated rings. The van der Waals surface area contributed by atoms with Crippen LogP contribution in [-0.4, -0.2) is 17.7 Å². The van der Waals surface area contributed by atoms with Gasteiger partial charge in [0.15, 0.2) is 0 Å². The molecule has 0 unspecified atom stereocenters. The predicted molar refractivity (Wildman–Crippen MR) is 79.2 cm³/mol. The van der Waals surface area contributed by atoms with E-state index >= 15 is 0 Å². The van der Waals surface area contributed by atoms with Crippen LogP contribution in [0.2, 0.25) is 0 Å². The molecule has 0 bridgehead atoms. The number of aryl methyl sites for hydroxylation is 3. The van der Waals surface area contributed by atoms with Gasteiger partial charge in [-0.1, -0.05) is 32.0 Å². The van der Waals surface area contributed by atoms with Gasteiger partial charge in [-0.05, 0) is 43.5 Å². The molecule has 1 heterocycles. The SMILES string of the molecule is CCNCCCc1cn(C)c2c(CC)cccc12. The van der Waals surface area contributed by atoms with Crippen molar-refractivity contribution in [1.29, 1.82) is 0 Å². The minimum Gasteiger partial charge on any atom is -0.350 e. The van der Waals surface area contributed by atoms with Crippen LogP contribution in [0.25, 0.3) is 10.9 Å². The third-order valence-corrected chi connectivity index (χ3v) is 3.60. The number of nitrogens with zero attached hydrogens (tertiary/aromatic N) is 1. The second-order valence-electron chi connectivity index (χ2n) is 4.89. The summed E-state index contributed by atoms with van der Waals surface area (Å²) < 4.78 is 2.29. The molecule has 2 rings (SSSR count). The maximum atomic E-state index is 3.39. The second-order valence-corrected chi connectivity index (χ2v) is 4.89. The molecule has 2 aromatic rings. The van der Waals surface area contributed by atoms with Gasteiger partial charge in [-0.15, -0.1) is 0 Å². The first-order valence-electron chi connectivity index (χ1n) is 7.04. The van der Waals surface area contributed by atoms with Gasteiger partial charge >= 0.3 is 0 Å². The van der Waals surface area contributed by atoms with Gasteiger partial charge in [-0.3, -0.25) is 0 Å². The molecule has 0 saturated carbocycles. The summed E-state index contributed by atoms with van der Waals surface area (Å²) >= 11 is 0. The van der Waals surface area contributed by atoms with Crippen LogP contribution in [0, 0.1) is 0 Å². The quantitative estimate of drug-likeness (QED) is 0.772. The van der Waals surface area contributed by atoms with Gasteiger partial charge in [0.2, 0.25) is 0 Å². The highest BCUT2D eigenvalue weighted by atomic mass is 14.9. The average Bonchev–Trinajstić information content (AvgIpc) is 2.72. The van der Waals surface area contributed by atoms with Gasteiger partial charge < -0.3 is 9.88 Å². The van der Waals surface area contributed by atoms with Crippen molar-refractivity contribution in [2.75, 3.05) is 13.1 Å². The summed E-state index contributed by atoms with van der Waals surface area (Å²) in [6.45, 7) is 6.56. The maximum absolute atomic E-state index is 3.39. The van der Waals surface area contributed by atoms with Gasteiger partial charge in [-0.25, -0.2) is 0 Å². The number of rotatable bonds is 6. The highest BCUT2D eigenvalue weighted by Gasteiger charge is 2.08. The van der Waals surface area contributed by atoms with Crippen LogP contribution in [0.3, 0.4) is 0 Å². The highest BCUT2D eigenvalue weighted by Crippen LogP contribution is 2.25. The largest absolute Gasteiger partial charge is 0.350 e. The molecule has 0 aliphatic rings. The van der Waals surface area contributed by atoms with Crippen molar-refractivity contribution in [1.82, 2.24) is 9.88 Å². The monoisotopic (exact) mass is 244 g/mol. The normalized spacial score (nSPS) is 11.3. The molecule has 18 heavy (non-hydrogen) atoms. The van der Waals surface area contributed by atoms with E-state index in [4.69, 9.17) is 0 Å². The minimum atomic E-state index is 1.07. The van der Waals surface area contributed by atoms with Crippen LogP contribution in [0.1, 0.15) is 31.4 Å². The molecule has 1 N–H and O–H groups in total. The smallest absolute Gasteiger partial charge is 0.0512 e. The lowest BCUT2D eigenvalue weighted by Crippen LogP contribution is -2.14. The summed E-state index contributed by atoms with van der Waals surface area (Å²) in [5.41, 5.74) is 4.35. The number of fused-ring (bicyclic) bond motifs is 1. The van der Waals surface area contributed by atoms with Crippen LogP contribution >= 0.6 is 0 Å². The molecule has 0 aliphatic heterocycles. The Hall–Kier alpha value is -1.28. The molecular weight excluding hydrogens is 220 g/mol. The molecular formula is C16H24N2. The molecule has 0 radical (unpaired) electrons. The van der Waals surface area contributed by atoms with E-state index in [-0.39, 0.29) is 0 Å². The Morgan fingerprint density at radius 3 is 2.72 bits per heavy atom. The van der Waals surface area contributed by atoms with Crippen molar-refractivity contribution < 1.29 is 0 Å². The number of aromatic nitrogens is 1. The fourth-order valence-electron chi connectivity index (χ4n) is 2.70. The third kappa shape index (κ3) is 2.59. The Bertz CT molecular complexity index is 511. The molecule has 98 valence electrons. The molecule has 0 spiro atoms. The molecule has 0 saturated heterocycles. The van der Waals surface area contributed by atoms with Gasteiger partial charge in [-0.2, -0.15) is 0 Å². The first-order chi connectivity index (χ1) is 8.77. The maximum Gasteiger partial charge on any atom is 0.0512 e. The zero-order valence-corrected chi connectivity index (χ0v) is 11.8. The lowest BCUT2D eigenvalue weighted by molar-refractivity contribution is 0.673. The van der Waals surface area contributed by atoms with Gasteiger partial charge in [0.05, 0.1) is 5.52 Å². The van der Waals surface area contributed by atoms with Crippen LogP contribution in [0.4, 0.5) is 0 Å². The Balaban J connectivity index is 2.24. The molecule has 2 heteroatoms. The average molecular weight is 244 g/mol. The van der Waals surface area contributed by atoms with Crippen molar-refractivity contribution in [3.63, 3.8) is 0 Å². The summed E-state index contributed by atoms with van der Waals surface area (Å²) in [7, 11) is 2.16. The number of nitrogens with one attached hydrogen (secondary N) is 1. The summed E-state index contributed by atoms with van der Waals surface area (Å²) in [4.78, 5) is 0. The molecule has 0 aliphatic carbocycles. The highest BCUT2D eigenvalue weighted by molar-refractivity contribution is 5.86. The lowest BCUT2D eigenvalue weighted by Gasteiger charge is -2.03. The first-order valence-corrected chi connectivity index (χ1v) is 7.04. The molecule has 1 aromatic heterocycles. The van der Waals surface area contributed by atoms with E-state index < -0.39 is 0 Å². The summed E-state index contributed by atoms with van der Waals surface area (Å²) in [6.07, 6.45) is 5.78. The Morgan fingerprint density at radius 2 is 2.00 bits per heavy atom. The van der Waals surface area contributed by atoms with Crippen LogP contribution in [0.15, 0.2) is 24.4 Å². The van der Waals surface area contributed by atoms with Crippen molar-refractivity contribution in [2.24, 2.45) is 7.05 Å². The Kier molecular flexibility index (Phi) is 4.43. The third-order valence-electron chi connectivity index (χ3n) is 3.60. The summed E-state index contributed by atoms with van der Waals surface area (Å²) in [5, 5.41) is 4.83. The standard InChI is InChI=1S/C16H24N2/c1-4-13-8-6-10-15-14(9-7-11-17-5-2)12-18(3)16(13)15/h6,8,10,12,17H,4-5,7,9,11H2,1-3H3. The topological polar surface area (TPSA) is 17.0 Å². The van der Waals surface area contributed by atoms with Crippen LogP contribution < -0.4 is 5.32 Å². The van der Waals surface area contributed by atoms with E-state index in [1.54, 1.807) is 0 Å². The van der Waals surface area contributed by atoms with E-state index in [0.29, 0.717) is 0 Å². The molecule has 2 nitrogen and oxygen atoms in total.